The van der Waals surface area contributed by atoms with Gasteiger partial charge in [-0.2, -0.15) is 0 Å². The van der Waals surface area contributed by atoms with Gasteiger partial charge in [-0.3, -0.25) is 19.5 Å². The van der Waals surface area contributed by atoms with Crippen LogP contribution in [0.2, 0.25) is 0 Å². The Hall–Kier alpha value is -3.21. The van der Waals surface area contributed by atoms with Gasteiger partial charge in [0.25, 0.3) is 0 Å². The molecule has 1 aliphatic rings. The predicted octanol–water partition coefficient (Wildman–Crippen LogP) is 4.73. The topological polar surface area (TPSA) is 79.7 Å². The number of hydrogen-bond donors (Lipinski definition) is 1. The number of benzene rings is 1. The van der Waals surface area contributed by atoms with E-state index in [9.17, 15) is 14.7 Å². The van der Waals surface area contributed by atoms with Gasteiger partial charge in [-0.1, -0.05) is 17.9 Å². The van der Waals surface area contributed by atoms with Crippen molar-refractivity contribution in [3.8, 4) is 17.6 Å². The molecule has 0 saturated carbocycles. The number of hydrogen-bond acceptors (Lipinski definition) is 6. The number of ether oxygens (including phenoxy) is 1. The molecular weight excluding hydrogens is 448 g/mol. The summed E-state index contributed by atoms with van der Waals surface area (Å²) < 4.78 is 5.31. The van der Waals surface area contributed by atoms with Gasteiger partial charge < -0.3 is 9.84 Å². The molecule has 0 amide bonds. The molecule has 0 unspecified atom stereocenters. The summed E-state index contributed by atoms with van der Waals surface area (Å²) >= 11 is 1.62. The van der Waals surface area contributed by atoms with Crippen molar-refractivity contribution in [2.45, 2.75) is 25.7 Å². The van der Waals surface area contributed by atoms with Crippen LogP contribution < -0.4 is 4.74 Å². The van der Waals surface area contributed by atoms with Crippen LogP contribution in [0.1, 0.15) is 40.9 Å². The molecule has 0 bridgehead atoms. The second-order valence-electron chi connectivity index (χ2n) is 8.62. The van der Waals surface area contributed by atoms with E-state index < -0.39 is 5.97 Å². The van der Waals surface area contributed by atoms with Crippen LogP contribution in [0.4, 0.5) is 0 Å². The Morgan fingerprint density at radius 1 is 1.26 bits per heavy atom. The Bertz CT molecular complexity index is 1210. The molecule has 3 aromatic rings. The average molecular weight is 477 g/mol. The van der Waals surface area contributed by atoms with Crippen LogP contribution >= 0.6 is 11.3 Å². The molecule has 4 rings (SSSR count). The number of Topliss-reactive ketones (excluding diaryl/α,β-unsaturated/α-hetero) is 1. The fourth-order valence-electron chi connectivity index (χ4n) is 4.67. The Kier molecular flexibility index (Phi) is 7.94. The lowest BCUT2D eigenvalue weighted by molar-refractivity contribution is -0.139. The van der Waals surface area contributed by atoms with E-state index in [0.29, 0.717) is 37.2 Å². The molecule has 34 heavy (non-hydrogen) atoms. The van der Waals surface area contributed by atoms with Crippen LogP contribution in [0.25, 0.3) is 10.9 Å². The molecule has 6 nitrogen and oxygen atoms in total. The molecule has 7 heteroatoms. The van der Waals surface area contributed by atoms with Crippen LogP contribution in [-0.2, 0) is 4.79 Å². The molecule has 1 aliphatic heterocycles. The fourth-order valence-corrected chi connectivity index (χ4v) is 5.26. The maximum absolute atomic E-state index is 13.1. The van der Waals surface area contributed by atoms with E-state index >= 15 is 0 Å². The second-order valence-corrected chi connectivity index (χ2v) is 9.57. The highest BCUT2D eigenvalue weighted by Crippen LogP contribution is 2.31. The van der Waals surface area contributed by atoms with Gasteiger partial charge >= 0.3 is 5.97 Å². The van der Waals surface area contributed by atoms with Crippen molar-refractivity contribution in [3.63, 3.8) is 0 Å². The molecule has 3 heterocycles. The number of rotatable bonds is 8. The fraction of sp³-hybridized carbons (Fsp3) is 0.370. The van der Waals surface area contributed by atoms with Crippen molar-refractivity contribution < 1.29 is 19.4 Å². The van der Waals surface area contributed by atoms with Gasteiger partial charge in [0, 0.05) is 36.5 Å². The lowest BCUT2D eigenvalue weighted by Gasteiger charge is -2.37. The van der Waals surface area contributed by atoms with Crippen molar-refractivity contribution in [2.24, 2.45) is 11.8 Å². The highest BCUT2D eigenvalue weighted by molar-refractivity contribution is 7.10. The van der Waals surface area contributed by atoms with E-state index in [1.54, 1.807) is 30.7 Å². The smallest absolute Gasteiger partial charge is 0.303 e. The van der Waals surface area contributed by atoms with E-state index in [2.05, 4.69) is 21.7 Å². The van der Waals surface area contributed by atoms with Gasteiger partial charge in [-0.05, 0) is 66.9 Å². The maximum Gasteiger partial charge on any atom is 0.303 e. The van der Waals surface area contributed by atoms with Crippen molar-refractivity contribution in [3.05, 3.63) is 58.4 Å². The van der Waals surface area contributed by atoms with Crippen LogP contribution in [0.5, 0.6) is 5.75 Å². The zero-order chi connectivity index (χ0) is 23.9. The molecule has 1 fully saturated rings. The number of aliphatic carboxylic acids is 1. The van der Waals surface area contributed by atoms with Gasteiger partial charge in [0.2, 0.25) is 0 Å². The van der Waals surface area contributed by atoms with E-state index in [1.807, 2.05) is 35.7 Å². The highest BCUT2D eigenvalue weighted by Gasteiger charge is 2.31. The Morgan fingerprint density at radius 3 is 2.91 bits per heavy atom. The highest BCUT2D eigenvalue weighted by atomic mass is 32.1. The molecule has 1 saturated heterocycles. The number of carboxylic acid groups (broad SMARTS) is 1. The molecule has 0 aliphatic carbocycles. The van der Waals surface area contributed by atoms with Crippen LogP contribution in [0, 0.1) is 23.7 Å². The van der Waals surface area contributed by atoms with Gasteiger partial charge in [0.05, 0.1) is 24.0 Å². The number of likely N-dealkylation sites (tertiary alicyclic amines) is 1. The number of ketones is 1. The Balaban J connectivity index is 1.40. The number of pyridine rings is 1. The summed E-state index contributed by atoms with van der Waals surface area (Å²) in [6, 6.07) is 11.3. The number of thiophene rings is 1. The maximum atomic E-state index is 13.1. The molecule has 2 atom stereocenters. The number of fused-ring (bicyclic) bond motifs is 1. The summed E-state index contributed by atoms with van der Waals surface area (Å²) in [5.41, 5.74) is 1.40. The second kappa shape index (κ2) is 11.3. The third kappa shape index (κ3) is 6.02. The minimum Gasteiger partial charge on any atom is -0.497 e. The summed E-state index contributed by atoms with van der Waals surface area (Å²) in [7, 11) is 1.60. The van der Waals surface area contributed by atoms with Gasteiger partial charge in [0.15, 0.2) is 5.78 Å². The Morgan fingerprint density at radius 2 is 2.15 bits per heavy atom. The van der Waals surface area contributed by atoms with Gasteiger partial charge in [0.1, 0.15) is 5.75 Å². The first-order chi connectivity index (χ1) is 16.5. The SMILES string of the molecule is COc1ccc2nccc(C(=O)CC[C@@H]3CCN(CC#Cc4cccs4)C[C@H]3CC(=O)O)c2c1. The van der Waals surface area contributed by atoms with Crippen molar-refractivity contribution in [1.29, 1.82) is 0 Å². The van der Waals surface area contributed by atoms with Crippen molar-refractivity contribution in [1.82, 2.24) is 9.88 Å². The number of carboxylic acids is 1. The minimum absolute atomic E-state index is 0.0110. The first-order valence-corrected chi connectivity index (χ1v) is 12.3. The monoisotopic (exact) mass is 476 g/mol. The van der Waals surface area contributed by atoms with E-state index in [0.717, 1.165) is 28.7 Å². The predicted molar refractivity (Wildman–Crippen MR) is 133 cm³/mol. The van der Waals surface area contributed by atoms with E-state index in [1.165, 1.54) is 0 Å². The lowest BCUT2D eigenvalue weighted by Crippen LogP contribution is -2.41. The normalized spacial score (nSPS) is 18.3. The first-order valence-electron chi connectivity index (χ1n) is 11.5. The van der Waals surface area contributed by atoms with Crippen LogP contribution in [0.3, 0.4) is 0 Å². The third-order valence-corrected chi connectivity index (χ3v) is 7.22. The zero-order valence-corrected chi connectivity index (χ0v) is 20.0. The van der Waals surface area contributed by atoms with Crippen LogP contribution in [0.15, 0.2) is 48.0 Å². The molecule has 176 valence electrons. The molecule has 2 aromatic heterocycles. The summed E-state index contributed by atoms with van der Waals surface area (Å²) in [6.45, 7) is 2.19. The van der Waals surface area contributed by atoms with Crippen LogP contribution in [-0.4, -0.2) is 53.5 Å². The van der Waals surface area contributed by atoms with E-state index in [4.69, 9.17) is 4.74 Å². The van der Waals surface area contributed by atoms with Crippen molar-refractivity contribution in [2.75, 3.05) is 26.7 Å². The summed E-state index contributed by atoms with van der Waals surface area (Å²) in [5.74, 6) is 6.54. The van der Waals surface area contributed by atoms with Gasteiger partial charge in [-0.25, -0.2) is 0 Å². The number of aromatic nitrogens is 1. The summed E-state index contributed by atoms with van der Waals surface area (Å²) in [6.07, 6.45) is 3.71. The molecule has 1 N–H and O–H groups in total. The first kappa shape index (κ1) is 23.9. The molecule has 0 radical (unpaired) electrons. The largest absolute Gasteiger partial charge is 0.497 e. The molecule has 1 aromatic carbocycles. The lowest BCUT2D eigenvalue weighted by atomic mass is 9.79. The van der Waals surface area contributed by atoms with E-state index in [-0.39, 0.29) is 24.0 Å². The third-order valence-electron chi connectivity index (χ3n) is 6.44. The number of piperidine rings is 1. The quantitative estimate of drug-likeness (QED) is 0.374. The standard InChI is InChI=1S/C27H28N2O4S/c1-33-21-7-8-25-24(17-21)23(10-12-28-25)26(30)9-6-19-11-14-29(18-20(19)16-27(31)32)13-2-4-22-5-3-15-34-22/h3,5,7-8,10,12,15,17,19-20H,6,9,11,13-14,16,18H2,1H3,(H,31,32)/t19-,20-/m1/s1. The van der Waals surface area contributed by atoms with Crippen molar-refractivity contribution >= 4 is 34.0 Å². The minimum atomic E-state index is -0.792. The molecule has 0 spiro atoms. The number of nitrogens with zero attached hydrogens (tertiary/aromatic N) is 2. The average Bonchev–Trinajstić information content (AvgIpc) is 3.36. The number of carbonyl (C=O) groups is 2. The van der Waals surface area contributed by atoms with Gasteiger partial charge in [-0.15, -0.1) is 11.3 Å². The number of carbonyl (C=O) groups excluding carboxylic acids is 1. The zero-order valence-electron chi connectivity index (χ0n) is 19.2. The Labute approximate surface area is 203 Å². The summed E-state index contributed by atoms with van der Waals surface area (Å²) in [4.78, 5) is 32.3. The molecular formula is C27H28N2O4S. The summed E-state index contributed by atoms with van der Waals surface area (Å²) in [5, 5.41) is 12.3. The number of methoxy groups -OCH3 is 1.